The van der Waals surface area contributed by atoms with E-state index in [9.17, 15) is 34.2 Å². The zero-order valence-electron chi connectivity index (χ0n) is 47.0. The number of hydrogen-bond donors (Lipinski definition) is 2. The molecule has 0 aromatic rings. The summed E-state index contributed by atoms with van der Waals surface area (Å²) in [7, 11) is 6.27. The zero-order chi connectivity index (χ0) is 55.2. The number of nitrogens with zero attached hydrogens (tertiary/aromatic N) is 1. The van der Waals surface area contributed by atoms with E-state index in [1.807, 2.05) is 58.1 Å². The summed E-state index contributed by atoms with van der Waals surface area (Å²) in [5, 5.41) is 23.7. The number of aliphatic hydroxyl groups is 2. The third-order valence-corrected chi connectivity index (χ3v) is 15.8. The van der Waals surface area contributed by atoms with Crippen LogP contribution in [0.5, 0.6) is 0 Å². The summed E-state index contributed by atoms with van der Waals surface area (Å²) >= 11 is 0. The van der Waals surface area contributed by atoms with Crippen molar-refractivity contribution in [1.82, 2.24) is 4.90 Å². The van der Waals surface area contributed by atoms with E-state index in [2.05, 4.69) is 0 Å². The van der Waals surface area contributed by atoms with Crippen LogP contribution >= 0.6 is 0 Å². The first-order valence-electron chi connectivity index (χ1n) is 27.5. The average molecular weight is 1060 g/mol. The molecule has 15 atom stereocenters. The number of ketones is 3. The van der Waals surface area contributed by atoms with Gasteiger partial charge in [-0.25, -0.2) is 4.79 Å². The maximum absolute atomic E-state index is 14.6. The molecule has 1 aliphatic carbocycles. The van der Waals surface area contributed by atoms with E-state index in [0.29, 0.717) is 83.6 Å². The summed E-state index contributed by atoms with van der Waals surface area (Å²) < 4.78 is 52.5. The number of aliphatic hydroxyl groups excluding tert-OH is 1. The lowest BCUT2D eigenvalue weighted by atomic mass is 9.78. The third-order valence-electron chi connectivity index (χ3n) is 15.8. The molecule has 2 N–H and O–H groups in total. The molecule has 17 nitrogen and oxygen atoms in total. The van der Waals surface area contributed by atoms with Crippen LogP contribution in [0.25, 0.3) is 0 Å². The van der Waals surface area contributed by atoms with Gasteiger partial charge in [0.15, 0.2) is 5.78 Å². The zero-order valence-corrected chi connectivity index (χ0v) is 47.0. The van der Waals surface area contributed by atoms with E-state index in [-0.39, 0.29) is 73.9 Å². The molecular formula is C58H93NO16. The SMILES string of the molecule is COCCOCCO[C@@H]1C[C@@H]2CC[C@@H](C)[C@@](O)(O2)C(=O)C(=O)N2CCCC[C@H]2C(=O)O[C@H]([C@H](C)C[C@@H]2CC[C@@H](OCCOC)[C@H](OC)C2)CC(=O)[C@H](C)/C=C(\C)[C@@H](O)[C@@H](OC)C(=O)[C@H](C)C[C@H](C)/C=C/C=CC=C1C. The number of hydrogen-bond acceptors (Lipinski definition) is 16. The van der Waals surface area contributed by atoms with Gasteiger partial charge in [-0.1, -0.05) is 71.1 Å². The number of carbonyl (C=O) groups excluding carboxylic acids is 5. The molecule has 3 fully saturated rings. The number of cyclic esters (lactones) is 1. The van der Waals surface area contributed by atoms with Gasteiger partial charge in [0, 0.05) is 65.6 Å². The van der Waals surface area contributed by atoms with Crippen molar-refractivity contribution in [1.29, 1.82) is 0 Å². The Bertz CT molecular complexity index is 1930. The molecule has 3 aliphatic heterocycles. The molecule has 0 unspecified atom stereocenters. The molecule has 0 radical (unpaired) electrons. The molecule has 17 heteroatoms. The summed E-state index contributed by atoms with van der Waals surface area (Å²) in [6.45, 7) is 15.1. The minimum Gasteiger partial charge on any atom is -0.460 e. The largest absolute Gasteiger partial charge is 0.460 e. The Labute approximate surface area is 447 Å². The monoisotopic (exact) mass is 1060 g/mol. The predicted molar refractivity (Wildman–Crippen MR) is 282 cm³/mol. The number of ether oxygens (including phenoxy) is 9. The van der Waals surface area contributed by atoms with E-state index >= 15 is 0 Å². The van der Waals surface area contributed by atoms with Crippen LogP contribution < -0.4 is 0 Å². The number of rotatable bonds is 16. The minimum atomic E-state index is -2.47. The van der Waals surface area contributed by atoms with E-state index in [0.717, 1.165) is 18.4 Å². The standard InChI is InChI=1S/C58H93NO16/c1-37-17-13-12-14-18-38(2)49(73-30-28-71-27-25-67-8)35-45-22-20-43(7)58(66,75-45)55(63)56(64)59-24-16-15-19-46(59)57(65)74-50(40(4)33-44-21-23-48(51(34-44)69-10)72-29-26-68-9)36-47(60)39(3)32-42(6)53(62)54(70-11)52(61)41(5)31-37/h12-14,17-18,32,37,39-41,43-46,48-51,53-54,62,66H,15-16,19-31,33-36H2,1-11H3/b14-12?,17-13+,38-18?,42-32+/t37-,39-,40-,41-,43-,44+,45+,46+,48-,49-,50+,51-,53-,54+,58-/m1/s1. The Balaban J connectivity index is 1.70. The molecule has 0 aromatic heterocycles. The van der Waals surface area contributed by atoms with E-state index in [4.69, 9.17) is 42.6 Å². The van der Waals surface area contributed by atoms with Crippen LogP contribution in [0.1, 0.15) is 126 Å². The van der Waals surface area contributed by atoms with Crippen LogP contribution in [-0.4, -0.2) is 174 Å². The van der Waals surface area contributed by atoms with Gasteiger partial charge in [-0.3, -0.25) is 19.2 Å². The van der Waals surface area contributed by atoms with Gasteiger partial charge in [0.05, 0.1) is 64.1 Å². The highest BCUT2D eigenvalue weighted by Gasteiger charge is 2.53. The topological polar surface area (TPSA) is 212 Å². The quantitative estimate of drug-likeness (QED) is 0.0698. The molecule has 1 amide bonds. The Hall–Kier alpha value is -3.49. The van der Waals surface area contributed by atoms with Gasteiger partial charge in [-0.15, -0.1) is 0 Å². The molecule has 75 heavy (non-hydrogen) atoms. The fraction of sp³-hybridized carbons (Fsp3) is 0.776. The van der Waals surface area contributed by atoms with E-state index in [1.54, 1.807) is 48.2 Å². The summed E-state index contributed by atoms with van der Waals surface area (Å²) in [6, 6.07) is -1.16. The summed E-state index contributed by atoms with van der Waals surface area (Å²) in [4.78, 5) is 72.9. The van der Waals surface area contributed by atoms with Crippen LogP contribution in [0.15, 0.2) is 47.6 Å². The first-order valence-corrected chi connectivity index (χ1v) is 27.5. The second-order valence-electron chi connectivity index (χ2n) is 21.7. The molecule has 2 saturated heterocycles. The molecule has 4 aliphatic rings. The van der Waals surface area contributed by atoms with Crippen molar-refractivity contribution in [3.05, 3.63) is 47.6 Å². The Morgan fingerprint density at radius 3 is 2.19 bits per heavy atom. The number of methoxy groups -OCH3 is 4. The number of carbonyl (C=O) groups is 5. The van der Waals surface area contributed by atoms with E-state index < -0.39 is 77.8 Å². The molecule has 3 heterocycles. The molecular weight excluding hydrogens is 967 g/mol. The van der Waals surface area contributed by atoms with Gasteiger partial charge in [0.2, 0.25) is 5.79 Å². The lowest BCUT2D eigenvalue weighted by Gasteiger charge is -2.43. The highest BCUT2D eigenvalue weighted by atomic mass is 16.6. The predicted octanol–water partition coefficient (Wildman–Crippen LogP) is 6.88. The summed E-state index contributed by atoms with van der Waals surface area (Å²) in [5.74, 6) is -8.06. The summed E-state index contributed by atoms with van der Waals surface area (Å²) in [6.07, 6.45) is 12.0. The van der Waals surface area contributed by atoms with Crippen molar-refractivity contribution in [2.24, 2.45) is 35.5 Å². The van der Waals surface area contributed by atoms with Crippen LogP contribution in [0.4, 0.5) is 0 Å². The smallest absolute Gasteiger partial charge is 0.329 e. The minimum absolute atomic E-state index is 0.00579. The van der Waals surface area contributed by atoms with Crippen molar-refractivity contribution in [3.63, 3.8) is 0 Å². The fourth-order valence-electron chi connectivity index (χ4n) is 11.0. The van der Waals surface area contributed by atoms with Crippen molar-refractivity contribution >= 4 is 29.2 Å². The number of esters is 1. The molecule has 1 saturated carbocycles. The highest BCUT2D eigenvalue weighted by Crippen LogP contribution is 2.38. The van der Waals surface area contributed by atoms with Crippen LogP contribution in [-0.2, 0) is 66.6 Å². The molecule has 0 aromatic carbocycles. The molecule has 426 valence electrons. The fourth-order valence-corrected chi connectivity index (χ4v) is 11.0. The van der Waals surface area contributed by atoms with Crippen LogP contribution in [0.2, 0.25) is 0 Å². The first kappa shape index (κ1) is 64.0. The number of Topliss-reactive ketones (excluding diaryl/α,β-unsaturated/α-hetero) is 3. The van der Waals surface area contributed by atoms with Gasteiger partial charge in [-0.05, 0) is 107 Å². The Morgan fingerprint density at radius 2 is 1.48 bits per heavy atom. The van der Waals surface area contributed by atoms with Gasteiger partial charge in [0.25, 0.3) is 11.7 Å². The van der Waals surface area contributed by atoms with E-state index in [1.165, 1.54) is 12.0 Å². The Morgan fingerprint density at radius 1 is 0.773 bits per heavy atom. The number of allylic oxidation sites excluding steroid dienone is 6. The molecule has 4 rings (SSSR count). The summed E-state index contributed by atoms with van der Waals surface area (Å²) in [5.41, 5.74) is 1.24. The third kappa shape index (κ3) is 19.1. The van der Waals surface area contributed by atoms with Gasteiger partial charge < -0.3 is 57.7 Å². The number of amides is 1. The normalized spacial score (nSPS) is 35.5. The van der Waals surface area contributed by atoms with Crippen molar-refractivity contribution < 1.29 is 76.8 Å². The second-order valence-corrected chi connectivity index (χ2v) is 21.7. The maximum Gasteiger partial charge on any atom is 0.329 e. The Kier molecular flexibility index (Phi) is 27.7. The van der Waals surface area contributed by atoms with Crippen LogP contribution in [0, 0.1) is 35.5 Å². The lowest BCUT2D eigenvalue weighted by molar-refractivity contribution is -0.266. The maximum atomic E-state index is 14.6. The second kappa shape index (κ2) is 32.4. The van der Waals surface area contributed by atoms with Crippen molar-refractivity contribution in [2.75, 3.05) is 74.6 Å². The molecule has 0 spiro atoms. The van der Waals surface area contributed by atoms with Gasteiger partial charge in [-0.2, -0.15) is 0 Å². The van der Waals surface area contributed by atoms with Gasteiger partial charge >= 0.3 is 5.97 Å². The van der Waals surface area contributed by atoms with Crippen molar-refractivity contribution in [3.8, 4) is 0 Å². The first-order chi connectivity index (χ1) is 35.8. The van der Waals surface area contributed by atoms with Crippen LogP contribution in [0.3, 0.4) is 0 Å². The molecule has 2 bridgehead atoms. The number of piperidine rings is 1. The number of fused-ring (bicyclic) bond motifs is 3. The van der Waals surface area contributed by atoms with Gasteiger partial charge in [0.1, 0.15) is 30.1 Å². The lowest BCUT2D eigenvalue weighted by Crippen LogP contribution is -2.61. The van der Waals surface area contributed by atoms with Crippen molar-refractivity contribution in [2.45, 2.75) is 180 Å². The highest BCUT2D eigenvalue weighted by molar-refractivity contribution is 6.39. The average Bonchev–Trinajstić information content (AvgIpc) is 3.39.